The van der Waals surface area contributed by atoms with E-state index in [1.54, 1.807) is 96.9 Å². The molecule has 12 rings (SSSR count). The van der Waals surface area contributed by atoms with Crippen molar-refractivity contribution in [3.63, 3.8) is 0 Å². The number of phenols is 4. The van der Waals surface area contributed by atoms with Crippen molar-refractivity contribution in [3.05, 3.63) is 277 Å². The van der Waals surface area contributed by atoms with Crippen LogP contribution in [0.1, 0.15) is 47.9 Å². The monoisotopic (exact) mass is 1250 g/mol. The zero-order valence-electron chi connectivity index (χ0n) is 50.8. The second kappa shape index (κ2) is 32.1. The van der Waals surface area contributed by atoms with E-state index >= 15 is 0 Å². The third-order valence-corrected chi connectivity index (χ3v) is 15.9. The largest absolute Gasteiger partial charge is 0.508 e. The molecule has 0 aliphatic carbocycles. The van der Waals surface area contributed by atoms with Gasteiger partial charge in [-0.15, -0.1) is 0 Å². The van der Waals surface area contributed by atoms with Gasteiger partial charge in [0, 0.05) is 61.7 Å². The highest BCUT2D eigenvalue weighted by Gasteiger charge is 2.15. The fraction of sp³-hybridized carbons (Fsp3) is 0.104. The van der Waals surface area contributed by atoms with Crippen molar-refractivity contribution >= 4 is 35.0 Å². The minimum Gasteiger partial charge on any atom is -0.508 e. The van der Waals surface area contributed by atoms with Crippen LogP contribution in [0.5, 0.6) is 23.0 Å². The molecule has 4 aromatic heterocycles. The standard InChI is InChI=1S/C20H18N2O2.C19H18N2O2.C19H17NO3.C19H17NO2S/c21-20(24)9-7-16-11-14(17-4-2-10-22-13-17)6-8-19(16)15-3-1-5-18(23)12-15;20-19(23)9-6-15-12-16(21-10-1-2-11-21)7-8-18(15)14-4-3-5-17(22)13-14;2*20-19(22)7-5-15-10-13(16-8-9-23-12-16)4-6-18(15)14-2-1-3-17(21)11-14/h1-6,8,10-13,23H,7,9H2,(H2,21,24);1-5,7-8,10-13,22H,6,9H2,(H2,20,23);2*1-4,6,8-12,21H,5,7H2,(H2,20,22). The molecular weight excluding hydrogens is 1180 g/mol. The van der Waals surface area contributed by atoms with Gasteiger partial charge in [-0.2, -0.15) is 11.3 Å². The van der Waals surface area contributed by atoms with E-state index in [0.717, 1.165) is 106 Å². The number of aryl methyl sites for hydroxylation is 4. The number of pyridine rings is 1. The number of primary amides is 4. The number of phenolic OH excluding ortho intramolecular Hbond substituents is 4. The SMILES string of the molecule is NC(=O)CCc1cc(-c2cccnc2)ccc1-c1cccc(O)c1.NC(=O)CCc1cc(-c2ccoc2)ccc1-c1cccc(O)c1.NC(=O)CCc1cc(-c2ccsc2)ccc1-c1cccc(O)c1.NC(=O)CCc1cc(-n2cccc2)ccc1-c1cccc(O)c1. The maximum absolute atomic E-state index is 11.2. The Bertz CT molecular complexity index is 4140. The molecule has 0 fully saturated rings. The molecule has 4 amide bonds. The van der Waals surface area contributed by atoms with Crippen molar-refractivity contribution in [2.75, 3.05) is 0 Å². The summed E-state index contributed by atoms with van der Waals surface area (Å²) in [4.78, 5) is 48.8. The molecule has 12 aromatic rings. The van der Waals surface area contributed by atoms with Crippen molar-refractivity contribution in [3.8, 4) is 107 Å². The first kappa shape index (κ1) is 65.7. The van der Waals surface area contributed by atoms with Crippen molar-refractivity contribution in [2.24, 2.45) is 22.9 Å². The predicted octanol–water partition coefficient (Wildman–Crippen LogP) is 14.7. The van der Waals surface area contributed by atoms with Crippen LogP contribution in [0.4, 0.5) is 0 Å². The highest BCUT2D eigenvalue weighted by Crippen LogP contribution is 2.36. The molecule has 468 valence electrons. The highest BCUT2D eigenvalue weighted by atomic mass is 32.1. The normalized spacial score (nSPS) is 10.6. The highest BCUT2D eigenvalue weighted by molar-refractivity contribution is 7.08. The van der Waals surface area contributed by atoms with Crippen LogP contribution in [0.2, 0.25) is 0 Å². The van der Waals surface area contributed by atoms with Gasteiger partial charge in [0.1, 0.15) is 23.0 Å². The molecule has 15 nitrogen and oxygen atoms in total. The summed E-state index contributed by atoms with van der Waals surface area (Å²) < 4.78 is 7.14. The number of carbonyl (C=O) groups excluding carboxylic acids is 4. The second-order valence-electron chi connectivity index (χ2n) is 21.9. The van der Waals surface area contributed by atoms with Crippen LogP contribution < -0.4 is 22.9 Å². The molecule has 0 atom stereocenters. The van der Waals surface area contributed by atoms with E-state index in [2.05, 4.69) is 40.7 Å². The molecule has 0 aliphatic rings. The summed E-state index contributed by atoms with van der Waals surface area (Å²) in [7, 11) is 0. The summed E-state index contributed by atoms with van der Waals surface area (Å²) in [5, 5.41) is 43.0. The predicted molar refractivity (Wildman–Crippen MR) is 368 cm³/mol. The van der Waals surface area contributed by atoms with E-state index in [0.29, 0.717) is 38.5 Å². The molecule has 16 heteroatoms. The van der Waals surface area contributed by atoms with E-state index in [1.165, 1.54) is 0 Å². The number of nitrogens with zero attached hydrogens (tertiary/aromatic N) is 2. The van der Waals surface area contributed by atoms with Crippen LogP contribution >= 0.6 is 11.3 Å². The number of carbonyl (C=O) groups is 4. The Morgan fingerprint density at radius 1 is 0.387 bits per heavy atom. The fourth-order valence-corrected chi connectivity index (χ4v) is 11.3. The molecule has 0 radical (unpaired) electrons. The van der Waals surface area contributed by atoms with Crippen LogP contribution in [0.15, 0.2) is 259 Å². The van der Waals surface area contributed by atoms with Gasteiger partial charge < -0.3 is 52.3 Å². The minimum absolute atomic E-state index is 0.210. The first-order valence-electron chi connectivity index (χ1n) is 29.9. The molecule has 0 bridgehead atoms. The van der Waals surface area contributed by atoms with Crippen molar-refractivity contribution in [1.29, 1.82) is 0 Å². The average molecular weight is 1260 g/mol. The van der Waals surface area contributed by atoms with Crippen LogP contribution in [0, 0.1) is 0 Å². The molecule has 0 aliphatic heterocycles. The van der Waals surface area contributed by atoms with Gasteiger partial charge in [0.25, 0.3) is 0 Å². The first-order valence-corrected chi connectivity index (χ1v) is 30.9. The number of aromatic hydroxyl groups is 4. The van der Waals surface area contributed by atoms with E-state index in [4.69, 9.17) is 27.4 Å². The van der Waals surface area contributed by atoms with Gasteiger partial charge in [-0.1, -0.05) is 115 Å². The zero-order valence-corrected chi connectivity index (χ0v) is 51.7. The maximum Gasteiger partial charge on any atom is 0.217 e. The van der Waals surface area contributed by atoms with Gasteiger partial charge in [-0.3, -0.25) is 24.2 Å². The smallest absolute Gasteiger partial charge is 0.217 e. The molecule has 93 heavy (non-hydrogen) atoms. The summed E-state index contributed by atoms with van der Waals surface area (Å²) >= 11 is 1.65. The van der Waals surface area contributed by atoms with Gasteiger partial charge in [0.05, 0.1) is 12.5 Å². The molecule has 0 saturated heterocycles. The number of hydrogen-bond acceptors (Lipinski definition) is 11. The Morgan fingerprint density at radius 2 is 0.774 bits per heavy atom. The Labute approximate surface area is 543 Å². The van der Waals surface area contributed by atoms with Crippen molar-refractivity contribution in [2.45, 2.75) is 51.4 Å². The maximum atomic E-state index is 11.2. The molecular formula is C77H70N6O9S. The number of hydrogen-bond donors (Lipinski definition) is 8. The van der Waals surface area contributed by atoms with Gasteiger partial charge in [0.2, 0.25) is 23.6 Å². The van der Waals surface area contributed by atoms with Crippen LogP contribution in [-0.4, -0.2) is 53.6 Å². The minimum atomic E-state index is -0.333. The molecule has 0 unspecified atom stereocenters. The van der Waals surface area contributed by atoms with Gasteiger partial charge >= 0.3 is 0 Å². The van der Waals surface area contributed by atoms with Gasteiger partial charge in [0.15, 0.2) is 0 Å². The van der Waals surface area contributed by atoms with Crippen molar-refractivity contribution in [1.82, 2.24) is 9.55 Å². The summed E-state index contributed by atoms with van der Waals surface area (Å²) in [5.74, 6) is -0.426. The number of aromatic nitrogens is 2. The lowest BCUT2D eigenvalue weighted by Crippen LogP contribution is -2.11. The number of benzene rings is 8. The lowest BCUT2D eigenvalue weighted by atomic mass is 9.93. The summed E-state index contributed by atoms with van der Waals surface area (Å²) in [6.07, 6.45) is 14.2. The number of rotatable bonds is 20. The van der Waals surface area contributed by atoms with Crippen LogP contribution in [-0.2, 0) is 44.9 Å². The van der Waals surface area contributed by atoms with E-state index in [9.17, 15) is 39.6 Å². The topological polar surface area (TPSA) is 284 Å². The zero-order chi connectivity index (χ0) is 65.6. The number of furan rings is 1. The quantitative estimate of drug-likeness (QED) is 0.0357. The van der Waals surface area contributed by atoms with E-state index in [-0.39, 0.29) is 59.5 Å². The van der Waals surface area contributed by atoms with Crippen LogP contribution in [0.25, 0.3) is 83.6 Å². The number of nitrogens with two attached hydrogens (primary N) is 4. The van der Waals surface area contributed by atoms with Crippen LogP contribution in [0.3, 0.4) is 0 Å². The number of amides is 4. The first-order chi connectivity index (χ1) is 45.0. The molecule has 0 spiro atoms. The lowest BCUT2D eigenvalue weighted by Gasteiger charge is -2.13. The molecule has 4 heterocycles. The fourth-order valence-electron chi connectivity index (χ4n) is 10.6. The summed E-state index contributed by atoms with van der Waals surface area (Å²) in [6.45, 7) is 0. The Balaban J connectivity index is 0.000000146. The van der Waals surface area contributed by atoms with Gasteiger partial charge in [-0.05, 0) is 222 Å². The van der Waals surface area contributed by atoms with E-state index in [1.807, 2.05) is 138 Å². The third kappa shape index (κ3) is 18.9. The Hall–Kier alpha value is -11.8. The third-order valence-electron chi connectivity index (χ3n) is 15.2. The van der Waals surface area contributed by atoms with E-state index < -0.39 is 0 Å². The number of thiophene rings is 1. The summed E-state index contributed by atoms with van der Waals surface area (Å²) in [6, 6.07) is 64.6. The lowest BCUT2D eigenvalue weighted by molar-refractivity contribution is -0.118. The Kier molecular flexibility index (Phi) is 22.7. The molecule has 8 aromatic carbocycles. The van der Waals surface area contributed by atoms with Crippen molar-refractivity contribution < 1.29 is 44.0 Å². The molecule has 0 saturated carbocycles. The molecule has 12 N–H and O–H groups in total. The Morgan fingerprint density at radius 3 is 1.13 bits per heavy atom. The summed E-state index contributed by atoms with van der Waals surface area (Å²) in [5.41, 5.74) is 40.3. The second-order valence-corrected chi connectivity index (χ2v) is 22.7. The van der Waals surface area contributed by atoms with Gasteiger partial charge in [-0.25, -0.2) is 0 Å². The average Bonchev–Trinajstić information content (AvgIpc) is 1.67.